The summed E-state index contributed by atoms with van der Waals surface area (Å²) in [6, 6.07) is 14.2. The predicted octanol–water partition coefficient (Wildman–Crippen LogP) is 2.53. The molecule has 5 heteroatoms. The molecule has 0 aliphatic rings. The van der Waals surface area contributed by atoms with Gasteiger partial charge >= 0.3 is 0 Å². The Labute approximate surface area is 123 Å². The Bertz CT molecular complexity index is 736. The number of aromatic nitrogens is 3. The molecule has 0 saturated heterocycles. The van der Waals surface area contributed by atoms with Gasteiger partial charge in [-0.2, -0.15) is 0 Å². The molecule has 1 heterocycles. The number of ether oxygens (including phenoxy) is 1. The maximum atomic E-state index is 5.77. The van der Waals surface area contributed by atoms with Crippen LogP contribution in [-0.4, -0.2) is 21.6 Å². The third kappa shape index (κ3) is 3.20. The standard InChI is InChI=1S/C16H18N4O/c1-12(17)16-11-20(19-18-16)8-9-21-15-7-6-13-4-2-3-5-14(13)10-15/h2-7,10-12H,8-9,17H2,1H3. The first-order valence-corrected chi connectivity index (χ1v) is 6.99. The molecule has 108 valence electrons. The van der Waals surface area contributed by atoms with Gasteiger partial charge in [0.15, 0.2) is 0 Å². The second-order valence-corrected chi connectivity index (χ2v) is 5.05. The van der Waals surface area contributed by atoms with E-state index in [-0.39, 0.29) is 6.04 Å². The molecular formula is C16H18N4O. The molecule has 21 heavy (non-hydrogen) atoms. The number of hydrogen-bond donors (Lipinski definition) is 1. The smallest absolute Gasteiger partial charge is 0.120 e. The average Bonchev–Trinajstić information content (AvgIpc) is 2.96. The number of rotatable bonds is 5. The highest BCUT2D eigenvalue weighted by molar-refractivity contribution is 5.83. The second-order valence-electron chi connectivity index (χ2n) is 5.05. The van der Waals surface area contributed by atoms with Gasteiger partial charge in [-0.05, 0) is 29.8 Å². The van der Waals surface area contributed by atoms with Crippen LogP contribution in [0.4, 0.5) is 0 Å². The molecule has 1 aromatic heterocycles. The normalized spacial score (nSPS) is 12.5. The molecule has 0 bridgehead atoms. The third-order valence-electron chi connectivity index (χ3n) is 3.33. The number of fused-ring (bicyclic) bond motifs is 1. The van der Waals surface area contributed by atoms with Crippen LogP contribution in [-0.2, 0) is 6.54 Å². The lowest BCUT2D eigenvalue weighted by Gasteiger charge is -2.07. The number of hydrogen-bond acceptors (Lipinski definition) is 4. The highest BCUT2D eigenvalue weighted by Gasteiger charge is 2.05. The molecule has 0 amide bonds. The summed E-state index contributed by atoms with van der Waals surface area (Å²) >= 11 is 0. The minimum absolute atomic E-state index is 0.0971. The van der Waals surface area contributed by atoms with E-state index in [9.17, 15) is 0 Å². The first-order chi connectivity index (χ1) is 10.2. The zero-order chi connectivity index (χ0) is 14.7. The van der Waals surface area contributed by atoms with Crippen molar-refractivity contribution in [2.45, 2.75) is 19.5 Å². The minimum Gasteiger partial charge on any atom is -0.492 e. The topological polar surface area (TPSA) is 66.0 Å². The van der Waals surface area contributed by atoms with Gasteiger partial charge in [0.05, 0.1) is 18.4 Å². The summed E-state index contributed by atoms with van der Waals surface area (Å²) in [4.78, 5) is 0. The maximum Gasteiger partial charge on any atom is 0.120 e. The van der Waals surface area contributed by atoms with E-state index in [1.54, 1.807) is 4.68 Å². The van der Waals surface area contributed by atoms with Crippen molar-refractivity contribution in [3.8, 4) is 5.75 Å². The zero-order valence-corrected chi connectivity index (χ0v) is 11.9. The lowest BCUT2D eigenvalue weighted by Crippen LogP contribution is -2.09. The van der Waals surface area contributed by atoms with E-state index in [2.05, 4.69) is 28.5 Å². The fraction of sp³-hybridized carbons (Fsp3) is 0.250. The van der Waals surface area contributed by atoms with Crippen LogP contribution in [0.5, 0.6) is 5.75 Å². The molecule has 2 N–H and O–H groups in total. The van der Waals surface area contributed by atoms with Gasteiger partial charge in [-0.3, -0.25) is 0 Å². The molecule has 5 nitrogen and oxygen atoms in total. The van der Waals surface area contributed by atoms with Crippen molar-refractivity contribution >= 4 is 10.8 Å². The molecule has 1 atom stereocenters. The van der Waals surface area contributed by atoms with E-state index in [4.69, 9.17) is 10.5 Å². The van der Waals surface area contributed by atoms with E-state index < -0.39 is 0 Å². The van der Waals surface area contributed by atoms with Gasteiger partial charge in [-0.15, -0.1) is 5.10 Å². The molecule has 0 aliphatic carbocycles. The van der Waals surface area contributed by atoms with Crippen LogP contribution in [0.2, 0.25) is 0 Å². The van der Waals surface area contributed by atoms with Crippen molar-refractivity contribution in [1.82, 2.24) is 15.0 Å². The molecule has 3 aromatic rings. The van der Waals surface area contributed by atoms with Gasteiger partial charge in [0.25, 0.3) is 0 Å². The molecular weight excluding hydrogens is 264 g/mol. The quantitative estimate of drug-likeness (QED) is 0.781. The Balaban J connectivity index is 1.60. The van der Waals surface area contributed by atoms with E-state index in [1.807, 2.05) is 37.4 Å². The maximum absolute atomic E-state index is 5.77. The van der Waals surface area contributed by atoms with Crippen LogP contribution in [0, 0.1) is 0 Å². The van der Waals surface area contributed by atoms with Gasteiger partial charge in [-0.1, -0.05) is 35.5 Å². The number of benzene rings is 2. The first-order valence-electron chi connectivity index (χ1n) is 6.99. The Hall–Kier alpha value is -2.40. The summed E-state index contributed by atoms with van der Waals surface area (Å²) in [5.74, 6) is 0.862. The monoisotopic (exact) mass is 282 g/mol. The summed E-state index contributed by atoms with van der Waals surface area (Å²) < 4.78 is 7.52. The van der Waals surface area contributed by atoms with E-state index in [0.29, 0.717) is 13.2 Å². The lowest BCUT2D eigenvalue weighted by molar-refractivity contribution is 0.290. The highest BCUT2D eigenvalue weighted by atomic mass is 16.5. The number of nitrogens with zero attached hydrogens (tertiary/aromatic N) is 3. The van der Waals surface area contributed by atoms with Crippen LogP contribution in [0.25, 0.3) is 10.8 Å². The fourth-order valence-corrected chi connectivity index (χ4v) is 2.15. The minimum atomic E-state index is -0.0971. The van der Waals surface area contributed by atoms with Crippen molar-refractivity contribution < 1.29 is 4.74 Å². The van der Waals surface area contributed by atoms with Crippen molar-refractivity contribution in [3.05, 3.63) is 54.4 Å². The van der Waals surface area contributed by atoms with Gasteiger partial charge in [0.2, 0.25) is 0 Å². The van der Waals surface area contributed by atoms with Gasteiger partial charge in [-0.25, -0.2) is 4.68 Å². The molecule has 0 fully saturated rings. The third-order valence-corrected chi connectivity index (χ3v) is 3.33. The fourth-order valence-electron chi connectivity index (χ4n) is 2.15. The average molecular weight is 282 g/mol. The van der Waals surface area contributed by atoms with E-state index in [0.717, 1.165) is 11.4 Å². The van der Waals surface area contributed by atoms with Gasteiger partial charge in [0, 0.05) is 6.04 Å². The summed E-state index contributed by atoms with van der Waals surface area (Å²) in [5.41, 5.74) is 6.54. The lowest BCUT2D eigenvalue weighted by atomic mass is 10.1. The Morgan fingerprint density at radius 3 is 2.76 bits per heavy atom. The Morgan fingerprint density at radius 2 is 2.00 bits per heavy atom. The van der Waals surface area contributed by atoms with Crippen LogP contribution in [0.1, 0.15) is 18.7 Å². The highest BCUT2D eigenvalue weighted by Crippen LogP contribution is 2.20. The first kappa shape index (κ1) is 13.6. The summed E-state index contributed by atoms with van der Waals surface area (Å²) in [7, 11) is 0. The Morgan fingerprint density at radius 1 is 1.19 bits per heavy atom. The molecule has 0 saturated carbocycles. The van der Waals surface area contributed by atoms with Crippen molar-refractivity contribution in [1.29, 1.82) is 0 Å². The number of nitrogens with two attached hydrogens (primary N) is 1. The molecule has 1 unspecified atom stereocenters. The van der Waals surface area contributed by atoms with Crippen LogP contribution in [0.3, 0.4) is 0 Å². The summed E-state index contributed by atoms with van der Waals surface area (Å²) in [5, 5.41) is 10.4. The molecule has 0 radical (unpaired) electrons. The van der Waals surface area contributed by atoms with Gasteiger partial charge < -0.3 is 10.5 Å². The summed E-state index contributed by atoms with van der Waals surface area (Å²) in [6.07, 6.45) is 1.86. The van der Waals surface area contributed by atoms with E-state index in [1.165, 1.54) is 10.8 Å². The van der Waals surface area contributed by atoms with Crippen molar-refractivity contribution in [2.24, 2.45) is 5.73 Å². The molecule has 0 aliphatic heterocycles. The van der Waals surface area contributed by atoms with E-state index >= 15 is 0 Å². The van der Waals surface area contributed by atoms with Crippen LogP contribution >= 0.6 is 0 Å². The van der Waals surface area contributed by atoms with Crippen LogP contribution < -0.4 is 10.5 Å². The van der Waals surface area contributed by atoms with Crippen molar-refractivity contribution in [2.75, 3.05) is 6.61 Å². The Kier molecular flexibility index (Phi) is 3.83. The van der Waals surface area contributed by atoms with Gasteiger partial charge in [0.1, 0.15) is 12.4 Å². The van der Waals surface area contributed by atoms with Crippen LogP contribution in [0.15, 0.2) is 48.7 Å². The molecule has 0 spiro atoms. The summed E-state index contributed by atoms with van der Waals surface area (Å²) in [6.45, 7) is 3.08. The molecule has 2 aromatic carbocycles. The second kappa shape index (κ2) is 5.93. The largest absolute Gasteiger partial charge is 0.492 e. The molecule has 3 rings (SSSR count). The van der Waals surface area contributed by atoms with Crippen molar-refractivity contribution in [3.63, 3.8) is 0 Å². The predicted molar refractivity (Wildman–Crippen MR) is 82.1 cm³/mol. The SMILES string of the molecule is CC(N)c1cn(CCOc2ccc3ccccc3c2)nn1. The zero-order valence-electron chi connectivity index (χ0n) is 11.9.